The largest absolute Gasteiger partial charge is 0.311 e. The van der Waals surface area contributed by atoms with Crippen LogP contribution < -0.4 is 5.32 Å². The van der Waals surface area contributed by atoms with E-state index < -0.39 is 20.0 Å². The van der Waals surface area contributed by atoms with Gasteiger partial charge in [-0.1, -0.05) is 70.3 Å². The fourth-order valence-electron chi connectivity index (χ4n) is 4.87. The molecule has 0 aromatic heterocycles. The van der Waals surface area contributed by atoms with Crippen molar-refractivity contribution in [3.8, 4) is 0 Å². The third-order valence-electron chi connectivity index (χ3n) is 7.15. The first-order chi connectivity index (χ1) is 17.6. The molecule has 2 atom stereocenters. The molecule has 0 fully saturated rings. The second-order valence-electron chi connectivity index (χ2n) is 9.90. The zero-order valence-electron chi connectivity index (χ0n) is 22.1. The standard InChI is InChI=1S/C29H36N2O4S2.ClH/c1-4-26(30-27-14-13-24-7-5-6-8-25(24)21-27)19-20-31(36(32,33)28-15-9-22(2)10-16-28)37(34,35)29-17-11-23(3)12-18-29;/h5-12,15-18,26-27,30H,4,13-14,19-21H2,1-3H3;1H. The minimum atomic E-state index is -4.29. The lowest BCUT2D eigenvalue weighted by Gasteiger charge is -2.30. The Labute approximate surface area is 234 Å². The van der Waals surface area contributed by atoms with Crippen molar-refractivity contribution in [2.24, 2.45) is 0 Å². The fraction of sp³-hybridized carbons (Fsp3) is 0.379. The first kappa shape index (κ1) is 30.3. The average molecular weight is 577 g/mol. The molecule has 0 heterocycles. The van der Waals surface area contributed by atoms with Gasteiger partial charge in [0, 0.05) is 18.6 Å². The van der Waals surface area contributed by atoms with Crippen molar-refractivity contribution < 1.29 is 16.8 Å². The van der Waals surface area contributed by atoms with Crippen LogP contribution in [0.15, 0.2) is 82.6 Å². The molecule has 3 aromatic rings. The highest BCUT2D eigenvalue weighted by molar-refractivity contribution is 8.04. The third kappa shape index (κ3) is 6.85. The SMILES string of the molecule is CCC(CCN(S(=O)(=O)c1ccc(C)cc1)S(=O)(=O)c1ccc(C)cc1)NC1CCc2ccccc2C1.Cl. The molecule has 0 amide bonds. The van der Waals surface area contributed by atoms with Crippen molar-refractivity contribution in [1.82, 2.24) is 9.03 Å². The van der Waals surface area contributed by atoms with Gasteiger partial charge in [0.15, 0.2) is 0 Å². The number of benzene rings is 3. The average Bonchev–Trinajstić information content (AvgIpc) is 2.88. The van der Waals surface area contributed by atoms with Crippen molar-refractivity contribution >= 4 is 32.5 Å². The van der Waals surface area contributed by atoms with E-state index in [1.807, 2.05) is 20.8 Å². The quantitative estimate of drug-likeness (QED) is 0.348. The Morgan fingerprint density at radius 1 is 0.816 bits per heavy atom. The van der Waals surface area contributed by atoms with Crippen LogP contribution in [0, 0.1) is 13.8 Å². The third-order valence-corrected chi connectivity index (χ3v) is 11.5. The highest BCUT2D eigenvalue weighted by Crippen LogP contribution is 2.27. The predicted molar refractivity (Wildman–Crippen MR) is 155 cm³/mol. The predicted octanol–water partition coefficient (Wildman–Crippen LogP) is 5.42. The van der Waals surface area contributed by atoms with Crippen LogP contribution in [-0.4, -0.2) is 39.2 Å². The lowest BCUT2D eigenvalue weighted by Crippen LogP contribution is -2.44. The summed E-state index contributed by atoms with van der Waals surface area (Å²) < 4.78 is 55.4. The van der Waals surface area contributed by atoms with E-state index in [1.54, 1.807) is 24.3 Å². The first-order valence-corrected chi connectivity index (χ1v) is 15.7. The summed E-state index contributed by atoms with van der Waals surface area (Å²) in [6.45, 7) is 5.62. The van der Waals surface area contributed by atoms with E-state index in [-0.39, 0.29) is 40.8 Å². The summed E-state index contributed by atoms with van der Waals surface area (Å²) in [7, 11) is -8.59. The Hall–Kier alpha value is -2.23. The molecule has 38 heavy (non-hydrogen) atoms. The normalized spacial score (nSPS) is 16.5. The number of nitrogens with zero attached hydrogens (tertiary/aromatic N) is 1. The molecule has 9 heteroatoms. The Bertz CT molecular complexity index is 1350. The van der Waals surface area contributed by atoms with Crippen LogP contribution >= 0.6 is 12.4 Å². The highest BCUT2D eigenvalue weighted by atomic mass is 35.5. The minimum Gasteiger partial charge on any atom is -0.311 e. The fourth-order valence-corrected chi connectivity index (χ4v) is 8.54. The Balaban J connectivity index is 0.00000400. The van der Waals surface area contributed by atoms with Crippen LogP contribution in [-0.2, 0) is 32.9 Å². The van der Waals surface area contributed by atoms with Crippen LogP contribution in [0.25, 0.3) is 0 Å². The summed E-state index contributed by atoms with van der Waals surface area (Å²) >= 11 is 0. The molecule has 2 unspecified atom stereocenters. The van der Waals surface area contributed by atoms with Crippen molar-refractivity contribution in [2.75, 3.05) is 6.54 Å². The Morgan fingerprint density at radius 2 is 1.32 bits per heavy atom. The zero-order chi connectivity index (χ0) is 26.6. The summed E-state index contributed by atoms with van der Waals surface area (Å²) in [5.74, 6) is 0. The van der Waals surface area contributed by atoms with E-state index in [9.17, 15) is 16.8 Å². The van der Waals surface area contributed by atoms with E-state index >= 15 is 0 Å². The molecule has 4 rings (SSSR count). The van der Waals surface area contributed by atoms with Crippen molar-refractivity contribution in [1.29, 1.82) is 0 Å². The second kappa shape index (κ2) is 12.7. The van der Waals surface area contributed by atoms with Gasteiger partial charge >= 0.3 is 0 Å². The van der Waals surface area contributed by atoms with E-state index in [2.05, 4.69) is 29.6 Å². The molecule has 1 aliphatic rings. The minimum absolute atomic E-state index is 0. The summed E-state index contributed by atoms with van der Waals surface area (Å²) in [6.07, 6.45) is 4.06. The van der Waals surface area contributed by atoms with Gasteiger partial charge in [0.2, 0.25) is 0 Å². The molecule has 206 valence electrons. The van der Waals surface area contributed by atoms with Gasteiger partial charge < -0.3 is 5.32 Å². The van der Waals surface area contributed by atoms with E-state index in [1.165, 1.54) is 35.4 Å². The van der Waals surface area contributed by atoms with Crippen LogP contribution in [0.1, 0.15) is 48.4 Å². The van der Waals surface area contributed by atoms with Crippen molar-refractivity contribution in [3.05, 3.63) is 95.1 Å². The lowest BCUT2D eigenvalue weighted by molar-refractivity contribution is 0.358. The number of aryl methyl sites for hydroxylation is 3. The van der Waals surface area contributed by atoms with E-state index in [0.717, 1.165) is 36.8 Å². The van der Waals surface area contributed by atoms with Crippen LogP contribution in [0.3, 0.4) is 0 Å². The number of halogens is 1. The van der Waals surface area contributed by atoms with Gasteiger partial charge in [-0.15, -0.1) is 12.4 Å². The Morgan fingerprint density at radius 3 is 1.82 bits per heavy atom. The van der Waals surface area contributed by atoms with Crippen LogP contribution in [0.4, 0.5) is 0 Å². The maximum Gasteiger partial charge on any atom is 0.256 e. The molecule has 0 spiro atoms. The monoisotopic (exact) mass is 576 g/mol. The van der Waals surface area contributed by atoms with Gasteiger partial charge in [0.1, 0.15) is 0 Å². The number of nitrogens with one attached hydrogen (secondary N) is 1. The van der Waals surface area contributed by atoms with Gasteiger partial charge in [-0.05, 0) is 81.3 Å². The maximum atomic E-state index is 13.7. The molecule has 0 radical (unpaired) electrons. The van der Waals surface area contributed by atoms with Gasteiger partial charge in [-0.2, -0.15) is 0 Å². The first-order valence-electron chi connectivity index (χ1n) is 12.9. The molecular formula is C29H37ClN2O4S2. The number of rotatable bonds is 10. The van der Waals surface area contributed by atoms with Gasteiger partial charge in [-0.25, -0.2) is 16.8 Å². The topological polar surface area (TPSA) is 83.6 Å². The summed E-state index contributed by atoms with van der Waals surface area (Å²) in [6, 6.07) is 21.3. The summed E-state index contributed by atoms with van der Waals surface area (Å²) in [5, 5.41) is 3.68. The highest BCUT2D eigenvalue weighted by Gasteiger charge is 2.37. The number of fused-ring (bicyclic) bond motifs is 1. The van der Waals surface area contributed by atoms with Crippen molar-refractivity contribution in [3.63, 3.8) is 0 Å². The molecule has 0 saturated carbocycles. The zero-order valence-corrected chi connectivity index (χ0v) is 24.6. The summed E-state index contributed by atoms with van der Waals surface area (Å²) in [4.78, 5) is -0.0580. The molecule has 0 saturated heterocycles. The maximum absolute atomic E-state index is 13.7. The molecule has 0 aliphatic heterocycles. The molecule has 3 aromatic carbocycles. The molecule has 1 N–H and O–H groups in total. The second-order valence-corrected chi connectivity index (χ2v) is 13.9. The van der Waals surface area contributed by atoms with Crippen molar-refractivity contribution in [2.45, 2.75) is 74.7 Å². The molecule has 1 aliphatic carbocycles. The molecular weight excluding hydrogens is 540 g/mol. The summed E-state index contributed by atoms with van der Waals surface area (Å²) in [5.41, 5.74) is 4.52. The lowest BCUT2D eigenvalue weighted by atomic mass is 9.88. The van der Waals surface area contributed by atoms with Crippen LogP contribution in [0.2, 0.25) is 0 Å². The molecule has 6 nitrogen and oxygen atoms in total. The van der Waals surface area contributed by atoms with Gasteiger partial charge in [0.05, 0.1) is 9.79 Å². The van der Waals surface area contributed by atoms with Gasteiger partial charge in [0.25, 0.3) is 20.0 Å². The number of hydrogen-bond acceptors (Lipinski definition) is 5. The number of sulfonamides is 2. The van der Waals surface area contributed by atoms with E-state index in [4.69, 9.17) is 0 Å². The Kier molecular flexibility index (Phi) is 10.2. The molecule has 0 bridgehead atoms. The van der Waals surface area contributed by atoms with E-state index in [0.29, 0.717) is 10.1 Å². The smallest absolute Gasteiger partial charge is 0.256 e. The number of hydrogen-bond donors (Lipinski definition) is 1. The van der Waals surface area contributed by atoms with Crippen LogP contribution in [0.5, 0.6) is 0 Å². The van der Waals surface area contributed by atoms with Gasteiger partial charge in [-0.3, -0.25) is 0 Å².